The Morgan fingerprint density at radius 1 is 1.38 bits per heavy atom. The minimum absolute atomic E-state index is 0.162. The molecule has 1 heterocycles. The Morgan fingerprint density at radius 3 is 2.92 bits per heavy atom. The highest BCUT2D eigenvalue weighted by Crippen LogP contribution is 2.29. The Balaban J connectivity index is 2.47. The van der Waals surface area contributed by atoms with Gasteiger partial charge in [0.2, 0.25) is 0 Å². The van der Waals surface area contributed by atoms with Gasteiger partial charge in [-0.3, -0.25) is 0 Å². The van der Waals surface area contributed by atoms with E-state index in [9.17, 15) is 0 Å². The second-order valence-electron chi connectivity index (χ2n) is 3.77. The summed E-state index contributed by atoms with van der Waals surface area (Å²) in [6, 6.07) is 4.42. The molecule has 2 heteroatoms. The molecule has 0 fully saturated rings. The number of rotatable bonds is 0. The van der Waals surface area contributed by atoms with Crippen LogP contribution in [-0.2, 0) is 6.42 Å². The number of fused-ring (bicyclic) bond motifs is 1. The molecule has 70 valence electrons. The van der Waals surface area contributed by atoms with Crippen molar-refractivity contribution in [3.8, 4) is 5.75 Å². The summed E-state index contributed by atoms with van der Waals surface area (Å²) in [5.41, 5.74) is 9.60. The first-order valence-corrected chi connectivity index (χ1v) is 4.66. The predicted molar refractivity (Wildman–Crippen MR) is 53.1 cm³/mol. The molecule has 1 unspecified atom stereocenters. The molecule has 0 aliphatic carbocycles. The molecule has 0 bridgehead atoms. The van der Waals surface area contributed by atoms with Crippen LogP contribution in [-0.4, -0.2) is 12.6 Å². The number of hydrogen-bond donors (Lipinski definition) is 1. The Kier molecular flexibility index (Phi) is 2.00. The summed E-state index contributed by atoms with van der Waals surface area (Å²) in [7, 11) is 0. The minimum atomic E-state index is 0.162. The molecule has 0 spiro atoms. The van der Waals surface area contributed by atoms with Crippen LogP contribution in [0.4, 0.5) is 0 Å². The summed E-state index contributed by atoms with van der Waals surface area (Å²) >= 11 is 0. The smallest absolute Gasteiger partial charge is 0.125 e. The van der Waals surface area contributed by atoms with E-state index < -0.39 is 0 Å². The molecule has 0 radical (unpaired) electrons. The number of nitrogens with two attached hydrogens (primary N) is 1. The van der Waals surface area contributed by atoms with Gasteiger partial charge in [0.05, 0.1) is 0 Å². The molecule has 0 saturated heterocycles. The molecule has 1 aliphatic rings. The van der Waals surface area contributed by atoms with E-state index in [2.05, 4.69) is 26.0 Å². The summed E-state index contributed by atoms with van der Waals surface area (Å²) < 4.78 is 5.62. The minimum Gasteiger partial charge on any atom is -0.491 e. The van der Waals surface area contributed by atoms with Crippen molar-refractivity contribution in [2.75, 3.05) is 6.61 Å². The van der Waals surface area contributed by atoms with Crippen LogP contribution < -0.4 is 10.5 Å². The third-order valence-corrected chi connectivity index (χ3v) is 2.68. The highest BCUT2D eigenvalue weighted by atomic mass is 16.5. The summed E-state index contributed by atoms with van der Waals surface area (Å²) in [5, 5.41) is 0. The molecular weight excluding hydrogens is 162 g/mol. The number of hydrogen-bond acceptors (Lipinski definition) is 2. The molecule has 2 nitrogen and oxygen atoms in total. The van der Waals surface area contributed by atoms with Crippen molar-refractivity contribution in [2.24, 2.45) is 5.73 Å². The van der Waals surface area contributed by atoms with Crippen molar-refractivity contribution >= 4 is 0 Å². The molecule has 2 N–H and O–H groups in total. The number of benzene rings is 1. The van der Waals surface area contributed by atoms with E-state index in [1.807, 2.05) is 0 Å². The average Bonchev–Trinajstić information content (AvgIpc) is 2.12. The van der Waals surface area contributed by atoms with E-state index in [0.717, 1.165) is 12.2 Å². The zero-order chi connectivity index (χ0) is 9.42. The third kappa shape index (κ3) is 1.42. The standard InChI is InChI=1S/C11H15NO/c1-7-3-4-9-5-10(12)6-13-11(9)8(7)2/h3-4,10H,5-6,12H2,1-2H3. The zero-order valence-corrected chi connectivity index (χ0v) is 8.13. The van der Waals surface area contributed by atoms with E-state index in [1.165, 1.54) is 16.7 Å². The summed E-state index contributed by atoms with van der Waals surface area (Å²) in [6.07, 6.45) is 0.941. The maximum absolute atomic E-state index is 5.81. The van der Waals surface area contributed by atoms with Gasteiger partial charge in [-0.1, -0.05) is 12.1 Å². The highest BCUT2D eigenvalue weighted by molar-refractivity contribution is 5.46. The van der Waals surface area contributed by atoms with Crippen molar-refractivity contribution in [1.82, 2.24) is 0 Å². The molecule has 2 rings (SSSR count). The third-order valence-electron chi connectivity index (χ3n) is 2.68. The topological polar surface area (TPSA) is 35.2 Å². The van der Waals surface area contributed by atoms with Gasteiger partial charge < -0.3 is 10.5 Å². The van der Waals surface area contributed by atoms with Gasteiger partial charge in [0.1, 0.15) is 12.4 Å². The normalized spacial score (nSPS) is 20.7. The molecule has 1 aromatic carbocycles. The van der Waals surface area contributed by atoms with E-state index in [4.69, 9.17) is 10.5 Å². The highest BCUT2D eigenvalue weighted by Gasteiger charge is 2.18. The van der Waals surface area contributed by atoms with Crippen molar-refractivity contribution in [1.29, 1.82) is 0 Å². The maximum atomic E-state index is 5.81. The first-order chi connectivity index (χ1) is 6.18. The van der Waals surface area contributed by atoms with E-state index >= 15 is 0 Å². The predicted octanol–water partition coefficient (Wildman–Crippen LogP) is 1.57. The molecule has 1 aromatic rings. The van der Waals surface area contributed by atoms with Crippen LogP contribution in [0.5, 0.6) is 5.75 Å². The molecule has 1 aliphatic heterocycles. The summed E-state index contributed by atoms with van der Waals surface area (Å²) in [4.78, 5) is 0. The van der Waals surface area contributed by atoms with Gasteiger partial charge in [0.15, 0.2) is 0 Å². The average molecular weight is 177 g/mol. The molecule has 0 aromatic heterocycles. The number of ether oxygens (including phenoxy) is 1. The second kappa shape index (κ2) is 3.04. The van der Waals surface area contributed by atoms with Gasteiger partial charge in [-0.2, -0.15) is 0 Å². The van der Waals surface area contributed by atoms with Crippen molar-refractivity contribution in [2.45, 2.75) is 26.3 Å². The Morgan fingerprint density at radius 2 is 2.15 bits per heavy atom. The first-order valence-electron chi connectivity index (χ1n) is 4.66. The Hall–Kier alpha value is -1.02. The van der Waals surface area contributed by atoms with Crippen LogP contribution in [0.2, 0.25) is 0 Å². The molecule has 0 amide bonds. The van der Waals surface area contributed by atoms with Gasteiger partial charge >= 0.3 is 0 Å². The summed E-state index contributed by atoms with van der Waals surface area (Å²) in [6.45, 7) is 4.86. The van der Waals surface area contributed by atoms with Crippen molar-refractivity contribution in [3.63, 3.8) is 0 Å². The Bertz CT molecular complexity index is 333. The monoisotopic (exact) mass is 177 g/mol. The van der Waals surface area contributed by atoms with Crippen molar-refractivity contribution < 1.29 is 4.74 Å². The number of aryl methyl sites for hydroxylation is 1. The lowest BCUT2D eigenvalue weighted by Crippen LogP contribution is -2.34. The second-order valence-corrected chi connectivity index (χ2v) is 3.77. The van der Waals surface area contributed by atoms with E-state index in [-0.39, 0.29) is 6.04 Å². The van der Waals surface area contributed by atoms with Crippen LogP contribution in [0, 0.1) is 13.8 Å². The fourth-order valence-corrected chi connectivity index (χ4v) is 1.74. The van der Waals surface area contributed by atoms with Crippen LogP contribution in [0.1, 0.15) is 16.7 Å². The largest absolute Gasteiger partial charge is 0.491 e. The van der Waals surface area contributed by atoms with Gasteiger partial charge in [-0.15, -0.1) is 0 Å². The SMILES string of the molecule is Cc1ccc2c(c1C)OCC(N)C2. The van der Waals surface area contributed by atoms with Crippen LogP contribution >= 0.6 is 0 Å². The maximum Gasteiger partial charge on any atom is 0.125 e. The lowest BCUT2D eigenvalue weighted by atomic mass is 9.98. The van der Waals surface area contributed by atoms with Crippen LogP contribution in [0.3, 0.4) is 0 Å². The molecule has 0 saturated carbocycles. The van der Waals surface area contributed by atoms with Crippen molar-refractivity contribution in [3.05, 3.63) is 28.8 Å². The first kappa shape index (κ1) is 8.57. The Labute approximate surface area is 78.7 Å². The van der Waals surface area contributed by atoms with Gasteiger partial charge in [-0.05, 0) is 37.0 Å². The fourth-order valence-electron chi connectivity index (χ4n) is 1.74. The zero-order valence-electron chi connectivity index (χ0n) is 8.13. The van der Waals surface area contributed by atoms with Crippen LogP contribution in [0.25, 0.3) is 0 Å². The quantitative estimate of drug-likeness (QED) is 0.652. The van der Waals surface area contributed by atoms with E-state index in [0.29, 0.717) is 6.61 Å². The lowest BCUT2D eigenvalue weighted by Gasteiger charge is -2.24. The molecule has 1 atom stereocenters. The fraction of sp³-hybridized carbons (Fsp3) is 0.455. The van der Waals surface area contributed by atoms with Crippen LogP contribution in [0.15, 0.2) is 12.1 Å². The van der Waals surface area contributed by atoms with Gasteiger partial charge in [-0.25, -0.2) is 0 Å². The van der Waals surface area contributed by atoms with E-state index in [1.54, 1.807) is 0 Å². The van der Waals surface area contributed by atoms with Gasteiger partial charge in [0.25, 0.3) is 0 Å². The van der Waals surface area contributed by atoms with Gasteiger partial charge in [0, 0.05) is 6.04 Å². The summed E-state index contributed by atoms with van der Waals surface area (Å²) in [5.74, 6) is 1.06. The molecular formula is C11H15NO. The molecule has 13 heavy (non-hydrogen) atoms. The lowest BCUT2D eigenvalue weighted by molar-refractivity contribution is 0.261.